The molecule has 0 aliphatic carbocycles. The third kappa shape index (κ3) is 1.82. The maximum atomic E-state index is 11.7. The number of H-pyrrole nitrogens is 2. The number of aryl methyl sites for hydroxylation is 1. The molecule has 0 spiro atoms. The van der Waals surface area contributed by atoms with Crippen molar-refractivity contribution in [1.29, 1.82) is 0 Å². The molecule has 0 saturated heterocycles. The maximum absolute atomic E-state index is 11.7. The van der Waals surface area contributed by atoms with Gasteiger partial charge in [0.1, 0.15) is 0 Å². The molecule has 3 rings (SSSR count). The molecule has 0 bridgehead atoms. The molecule has 4 nitrogen and oxygen atoms in total. The van der Waals surface area contributed by atoms with Gasteiger partial charge in [-0.3, -0.25) is 4.79 Å². The summed E-state index contributed by atoms with van der Waals surface area (Å²) in [4.78, 5) is 14.9. The van der Waals surface area contributed by atoms with E-state index in [2.05, 4.69) is 21.2 Å². The third-order valence-electron chi connectivity index (χ3n) is 3.06. The number of nitrogens with zero attached hydrogens (tertiary/aromatic N) is 1. The van der Waals surface area contributed by atoms with Crippen molar-refractivity contribution in [3.05, 3.63) is 63.7 Å². The average molecular weight is 239 g/mol. The van der Waals surface area contributed by atoms with Crippen LogP contribution in [0.25, 0.3) is 10.9 Å². The van der Waals surface area contributed by atoms with Crippen molar-refractivity contribution in [2.24, 2.45) is 0 Å². The number of benzene rings is 1. The van der Waals surface area contributed by atoms with Gasteiger partial charge in [-0.15, -0.1) is 0 Å². The fraction of sp³-hybridized carbons (Fsp3) is 0.143. The Labute approximate surface area is 104 Å². The molecule has 2 N–H and O–H groups in total. The van der Waals surface area contributed by atoms with E-state index >= 15 is 0 Å². The standard InChI is InChI=1S/C14H13N3O/c1-9-6-10(14(18)17-16-9)7-11-8-15-13-5-3-2-4-12(11)13/h2-6,8,15H,7H2,1H3,(H,17,18). The molecule has 0 atom stereocenters. The molecule has 0 fully saturated rings. The summed E-state index contributed by atoms with van der Waals surface area (Å²) in [5.41, 5.74) is 3.67. The molecule has 1 aromatic carbocycles. The monoisotopic (exact) mass is 239 g/mol. The van der Waals surface area contributed by atoms with E-state index in [0.29, 0.717) is 6.42 Å². The first-order valence-electron chi connectivity index (χ1n) is 5.84. The van der Waals surface area contributed by atoms with E-state index in [1.54, 1.807) is 0 Å². The van der Waals surface area contributed by atoms with E-state index in [1.807, 2.05) is 37.4 Å². The largest absolute Gasteiger partial charge is 0.361 e. The topological polar surface area (TPSA) is 61.5 Å². The molecular formula is C14H13N3O. The quantitative estimate of drug-likeness (QED) is 0.719. The van der Waals surface area contributed by atoms with E-state index in [-0.39, 0.29) is 5.56 Å². The second-order valence-electron chi connectivity index (χ2n) is 4.40. The van der Waals surface area contributed by atoms with Gasteiger partial charge in [0, 0.05) is 29.1 Å². The van der Waals surface area contributed by atoms with Gasteiger partial charge in [0.05, 0.1) is 5.69 Å². The Hall–Kier alpha value is -2.36. The van der Waals surface area contributed by atoms with Crippen LogP contribution in [-0.2, 0) is 6.42 Å². The zero-order chi connectivity index (χ0) is 12.5. The minimum absolute atomic E-state index is 0.120. The van der Waals surface area contributed by atoms with Crippen molar-refractivity contribution in [3.8, 4) is 0 Å². The summed E-state index contributed by atoms with van der Waals surface area (Å²) in [5.74, 6) is 0. The van der Waals surface area contributed by atoms with Crippen molar-refractivity contribution in [2.75, 3.05) is 0 Å². The van der Waals surface area contributed by atoms with Gasteiger partial charge in [-0.1, -0.05) is 18.2 Å². The first-order valence-corrected chi connectivity index (χ1v) is 5.84. The Kier molecular flexibility index (Phi) is 2.48. The van der Waals surface area contributed by atoms with Gasteiger partial charge in [0.15, 0.2) is 0 Å². The minimum Gasteiger partial charge on any atom is -0.361 e. The van der Waals surface area contributed by atoms with Crippen molar-refractivity contribution in [2.45, 2.75) is 13.3 Å². The van der Waals surface area contributed by atoms with Crippen molar-refractivity contribution >= 4 is 10.9 Å². The lowest BCUT2D eigenvalue weighted by Gasteiger charge is -2.00. The van der Waals surface area contributed by atoms with Crippen molar-refractivity contribution in [3.63, 3.8) is 0 Å². The lowest BCUT2D eigenvalue weighted by Crippen LogP contribution is -2.14. The predicted molar refractivity (Wildman–Crippen MR) is 70.7 cm³/mol. The maximum Gasteiger partial charge on any atom is 0.267 e. The number of aromatic nitrogens is 3. The van der Waals surface area contributed by atoms with Gasteiger partial charge >= 0.3 is 0 Å². The van der Waals surface area contributed by atoms with Crippen molar-refractivity contribution in [1.82, 2.24) is 15.2 Å². The highest BCUT2D eigenvalue weighted by Gasteiger charge is 2.07. The molecule has 0 amide bonds. The van der Waals surface area contributed by atoms with Gasteiger partial charge in [0.25, 0.3) is 5.56 Å². The van der Waals surface area contributed by atoms with E-state index < -0.39 is 0 Å². The first kappa shape index (κ1) is 10.8. The van der Waals surface area contributed by atoms with Crippen molar-refractivity contribution < 1.29 is 0 Å². The molecule has 4 heteroatoms. The molecule has 2 heterocycles. The fourth-order valence-corrected chi connectivity index (χ4v) is 2.18. The summed E-state index contributed by atoms with van der Waals surface area (Å²) in [5, 5.41) is 7.56. The van der Waals surface area contributed by atoms with E-state index in [9.17, 15) is 4.79 Å². The second kappa shape index (κ2) is 4.14. The minimum atomic E-state index is -0.120. The Morgan fingerprint density at radius 3 is 2.94 bits per heavy atom. The van der Waals surface area contributed by atoms with Crippen LogP contribution in [0.5, 0.6) is 0 Å². The normalized spacial score (nSPS) is 10.9. The van der Waals surface area contributed by atoms with Gasteiger partial charge in [-0.05, 0) is 24.6 Å². The highest BCUT2D eigenvalue weighted by molar-refractivity contribution is 5.83. The lowest BCUT2D eigenvalue weighted by molar-refractivity contribution is 0.914. The third-order valence-corrected chi connectivity index (χ3v) is 3.06. The van der Waals surface area contributed by atoms with Crippen LogP contribution in [0.1, 0.15) is 16.8 Å². The van der Waals surface area contributed by atoms with Crippen LogP contribution < -0.4 is 5.56 Å². The first-order chi connectivity index (χ1) is 8.74. The smallest absolute Gasteiger partial charge is 0.267 e. The number of rotatable bonds is 2. The highest BCUT2D eigenvalue weighted by atomic mass is 16.1. The van der Waals surface area contributed by atoms with Gasteiger partial charge in [-0.2, -0.15) is 5.10 Å². The second-order valence-corrected chi connectivity index (χ2v) is 4.40. The molecule has 90 valence electrons. The van der Waals surface area contributed by atoms with Crippen LogP contribution in [0.4, 0.5) is 0 Å². The average Bonchev–Trinajstić information content (AvgIpc) is 2.78. The Bertz CT molecular complexity index is 755. The predicted octanol–water partition coefficient (Wildman–Crippen LogP) is 2.15. The number of nitrogens with one attached hydrogen (secondary N) is 2. The summed E-state index contributed by atoms with van der Waals surface area (Å²) >= 11 is 0. The van der Waals surface area contributed by atoms with Gasteiger partial charge in [-0.25, -0.2) is 5.10 Å². The van der Waals surface area contributed by atoms with Crippen LogP contribution in [0.15, 0.2) is 41.3 Å². The SMILES string of the molecule is Cc1cc(Cc2c[nH]c3ccccc23)c(=O)[nH]n1. The van der Waals surface area contributed by atoms with Crippen LogP contribution in [0, 0.1) is 6.92 Å². The number of para-hydroxylation sites is 1. The zero-order valence-electron chi connectivity index (χ0n) is 10.0. The molecular weight excluding hydrogens is 226 g/mol. The Morgan fingerprint density at radius 2 is 2.06 bits per heavy atom. The van der Waals surface area contributed by atoms with Crippen LogP contribution in [-0.4, -0.2) is 15.2 Å². The molecule has 0 aliphatic rings. The summed E-state index contributed by atoms with van der Waals surface area (Å²) < 4.78 is 0. The highest BCUT2D eigenvalue weighted by Crippen LogP contribution is 2.19. The van der Waals surface area contributed by atoms with Crippen LogP contribution >= 0.6 is 0 Å². The summed E-state index contributed by atoms with van der Waals surface area (Å²) in [7, 11) is 0. The molecule has 0 saturated carbocycles. The van der Waals surface area contributed by atoms with Gasteiger partial charge < -0.3 is 4.98 Å². The lowest BCUT2D eigenvalue weighted by atomic mass is 10.1. The van der Waals surface area contributed by atoms with E-state index in [0.717, 1.165) is 27.7 Å². The summed E-state index contributed by atoms with van der Waals surface area (Å²) in [6.07, 6.45) is 2.57. The molecule has 0 unspecified atom stereocenters. The number of hydrogen-bond acceptors (Lipinski definition) is 2. The molecule has 18 heavy (non-hydrogen) atoms. The molecule has 0 radical (unpaired) electrons. The summed E-state index contributed by atoms with van der Waals surface area (Å²) in [6, 6.07) is 9.92. The Morgan fingerprint density at radius 1 is 1.22 bits per heavy atom. The molecule has 0 aliphatic heterocycles. The summed E-state index contributed by atoms with van der Waals surface area (Å²) in [6.45, 7) is 1.87. The fourth-order valence-electron chi connectivity index (χ4n) is 2.18. The molecule has 2 aromatic heterocycles. The van der Waals surface area contributed by atoms with E-state index in [4.69, 9.17) is 0 Å². The molecule has 3 aromatic rings. The van der Waals surface area contributed by atoms with Gasteiger partial charge in [0.2, 0.25) is 0 Å². The number of aromatic amines is 2. The van der Waals surface area contributed by atoms with E-state index in [1.165, 1.54) is 0 Å². The number of hydrogen-bond donors (Lipinski definition) is 2. The Balaban J connectivity index is 2.07. The van der Waals surface area contributed by atoms with Crippen LogP contribution in [0.3, 0.4) is 0 Å². The van der Waals surface area contributed by atoms with Crippen LogP contribution in [0.2, 0.25) is 0 Å². The zero-order valence-corrected chi connectivity index (χ0v) is 10.0. The number of fused-ring (bicyclic) bond motifs is 1.